The maximum absolute atomic E-state index is 12.3. The Morgan fingerprint density at radius 2 is 2.00 bits per heavy atom. The van der Waals surface area contributed by atoms with E-state index in [9.17, 15) is 9.18 Å². The zero-order valence-corrected chi connectivity index (χ0v) is 7.00. The molecule has 1 amide bonds. The Morgan fingerprint density at radius 1 is 1.38 bits per heavy atom. The van der Waals surface area contributed by atoms with Gasteiger partial charge in [0.15, 0.2) is 0 Å². The summed E-state index contributed by atoms with van der Waals surface area (Å²) in [5, 5.41) is 0. The van der Waals surface area contributed by atoms with Gasteiger partial charge in [-0.1, -0.05) is 24.3 Å². The van der Waals surface area contributed by atoms with Crippen LogP contribution in [0.1, 0.15) is 11.1 Å². The molecule has 0 heterocycles. The zero-order valence-electron chi connectivity index (χ0n) is 7.00. The van der Waals surface area contributed by atoms with E-state index in [1.807, 2.05) is 0 Å². The van der Waals surface area contributed by atoms with E-state index in [0.29, 0.717) is 11.1 Å². The van der Waals surface area contributed by atoms with E-state index in [4.69, 9.17) is 5.73 Å². The summed E-state index contributed by atoms with van der Waals surface area (Å²) in [6.07, 6.45) is -0.853. The van der Waals surface area contributed by atoms with Gasteiger partial charge in [0.05, 0.1) is 0 Å². The molecule has 0 radical (unpaired) electrons. The average molecular weight is 183 g/mol. The summed E-state index contributed by atoms with van der Waals surface area (Å²) in [4.78, 5) is 10.3. The number of halogens is 1. The van der Waals surface area contributed by atoms with Crippen LogP contribution in [0.2, 0.25) is 0 Å². The predicted octanol–water partition coefficient (Wildman–Crippen LogP) is 1.75. The van der Waals surface area contributed by atoms with Crippen molar-refractivity contribution in [2.45, 2.75) is 13.3 Å². The first-order chi connectivity index (χ1) is 6.24. The molecule has 0 saturated carbocycles. The van der Waals surface area contributed by atoms with Crippen molar-refractivity contribution < 1.29 is 13.9 Å². The summed E-state index contributed by atoms with van der Waals surface area (Å²) >= 11 is 0. The first kappa shape index (κ1) is 9.51. The van der Waals surface area contributed by atoms with Crippen molar-refractivity contribution in [3.05, 3.63) is 35.4 Å². The highest BCUT2D eigenvalue weighted by Crippen LogP contribution is 2.10. The van der Waals surface area contributed by atoms with Crippen molar-refractivity contribution in [3.8, 4) is 0 Å². The van der Waals surface area contributed by atoms with Crippen LogP contribution >= 0.6 is 0 Å². The van der Waals surface area contributed by atoms with Gasteiger partial charge in [0.2, 0.25) is 0 Å². The van der Waals surface area contributed by atoms with Crippen molar-refractivity contribution in [3.63, 3.8) is 0 Å². The lowest BCUT2D eigenvalue weighted by atomic mass is 10.1. The van der Waals surface area contributed by atoms with E-state index >= 15 is 0 Å². The summed E-state index contributed by atoms with van der Waals surface area (Å²) < 4.78 is 16.9. The van der Waals surface area contributed by atoms with Gasteiger partial charge in [-0.05, 0) is 11.1 Å². The number of primary amides is 1. The minimum Gasteiger partial charge on any atom is -0.445 e. The topological polar surface area (TPSA) is 52.3 Å². The molecule has 4 heteroatoms. The minimum atomic E-state index is -0.853. The summed E-state index contributed by atoms with van der Waals surface area (Å²) in [6.45, 7) is -0.548. The Morgan fingerprint density at radius 3 is 2.54 bits per heavy atom. The van der Waals surface area contributed by atoms with E-state index in [0.717, 1.165) is 0 Å². The Hall–Kier alpha value is -1.58. The fourth-order valence-electron chi connectivity index (χ4n) is 0.978. The molecule has 0 spiro atoms. The van der Waals surface area contributed by atoms with Crippen LogP contribution < -0.4 is 5.73 Å². The number of carbonyl (C=O) groups excluding carboxylic acids is 1. The summed E-state index contributed by atoms with van der Waals surface area (Å²) in [6, 6.07) is 6.80. The molecule has 0 unspecified atom stereocenters. The highest BCUT2D eigenvalue weighted by atomic mass is 19.1. The SMILES string of the molecule is NC(=O)OCc1ccccc1CF. The van der Waals surface area contributed by atoms with Gasteiger partial charge >= 0.3 is 6.09 Å². The first-order valence-corrected chi connectivity index (χ1v) is 3.79. The summed E-state index contributed by atoms with van der Waals surface area (Å²) in [5.74, 6) is 0. The second-order valence-electron chi connectivity index (χ2n) is 2.51. The first-order valence-electron chi connectivity index (χ1n) is 3.79. The monoisotopic (exact) mass is 183 g/mol. The lowest BCUT2D eigenvalue weighted by Gasteiger charge is -2.05. The third kappa shape index (κ3) is 2.74. The largest absolute Gasteiger partial charge is 0.445 e. The Labute approximate surface area is 75.3 Å². The zero-order chi connectivity index (χ0) is 9.68. The number of hydrogen-bond acceptors (Lipinski definition) is 2. The molecule has 0 atom stereocenters. The predicted molar refractivity (Wildman–Crippen MR) is 45.6 cm³/mol. The number of rotatable bonds is 3. The molecular weight excluding hydrogens is 173 g/mol. The molecule has 0 fully saturated rings. The van der Waals surface area contributed by atoms with Gasteiger partial charge in [0.1, 0.15) is 13.3 Å². The number of ether oxygens (including phenoxy) is 1. The second kappa shape index (κ2) is 4.45. The van der Waals surface area contributed by atoms with Crippen molar-refractivity contribution in [1.82, 2.24) is 0 Å². The second-order valence-corrected chi connectivity index (χ2v) is 2.51. The third-order valence-electron chi connectivity index (χ3n) is 1.63. The van der Waals surface area contributed by atoms with Gasteiger partial charge in [-0.3, -0.25) is 0 Å². The van der Waals surface area contributed by atoms with Crippen LogP contribution in [0, 0.1) is 0 Å². The highest BCUT2D eigenvalue weighted by Gasteiger charge is 2.02. The van der Waals surface area contributed by atoms with E-state index in [-0.39, 0.29) is 6.61 Å². The molecular formula is C9H10FNO2. The quantitative estimate of drug-likeness (QED) is 0.776. The molecule has 1 aromatic rings. The van der Waals surface area contributed by atoms with Crippen LogP contribution in [0.5, 0.6) is 0 Å². The van der Waals surface area contributed by atoms with E-state index in [1.54, 1.807) is 24.3 Å². The molecule has 0 bridgehead atoms. The number of nitrogens with two attached hydrogens (primary N) is 1. The fraction of sp³-hybridized carbons (Fsp3) is 0.222. The molecule has 0 aliphatic heterocycles. The van der Waals surface area contributed by atoms with Crippen LogP contribution in [-0.4, -0.2) is 6.09 Å². The lowest BCUT2D eigenvalue weighted by Crippen LogP contribution is -2.13. The van der Waals surface area contributed by atoms with Crippen molar-refractivity contribution in [2.75, 3.05) is 0 Å². The number of benzene rings is 1. The molecule has 2 N–H and O–H groups in total. The van der Waals surface area contributed by atoms with Crippen LogP contribution in [0.15, 0.2) is 24.3 Å². The normalized spacial score (nSPS) is 9.62. The highest BCUT2D eigenvalue weighted by molar-refractivity contribution is 5.64. The third-order valence-corrected chi connectivity index (χ3v) is 1.63. The Balaban J connectivity index is 2.69. The molecule has 3 nitrogen and oxygen atoms in total. The lowest BCUT2D eigenvalue weighted by molar-refractivity contribution is 0.149. The van der Waals surface area contributed by atoms with Gasteiger partial charge in [0.25, 0.3) is 0 Å². The molecule has 1 aromatic carbocycles. The van der Waals surface area contributed by atoms with Crippen LogP contribution in [0.4, 0.5) is 9.18 Å². The molecule has 1 rings (SSSR count). The molecule has 0 saturated heterocycles. The minimum absolute atomic E-state index is 0.0232. The number of amides is 1. The van der Waals surface area contributed by atoms with Gasteiger partial charge in [-0.25, -0.2) is 9.18 Å². The summed E-state index contributed by atoms with van der Waals surface area (Å²) in [5.41, 5.74) is 5.94. The van der Waals surface area contributed by atoms with E-state index in [1.165, 1.54) is 0 Å². The average Bonchev–Trinajstić information content (AvgIpc) is 2.15. The molecule has 70 valence electrons. The van der Waals surface area contributed by atoms with Crippen LogP contribution in [0.25, 0.3) is 0 Å². The van der Waals surface area contributed by atoms with Crippen LogP contribution in [0.3, 0.4) is 0 Å². The van der Waals surface area contributed by atoms with Crippen molar-refractivity contribution in [2.24, 2.45) is 5.73 Å². The maximum atomic E-state index is 12.3. The standard InChI is InChI=1S/C9H10FNO2/c10-5-7-3-1-2-4-8(7)6-13-9(11)12/h1-4H,5-6H2,(H2,11,12). The van der Waals surface area contributed by atoms with E-state index in [2.05, 4.69) is 4.74 Å². The Kier molecular flexibility index (Phi) is 3.25. The molecule has 0 aliphatic rings. The van der Waals surface area contributed by atoms with Gasteiger partial charge in [-0.2, -0.15) is 0 Å². The molecule has 0 aromatic heterocycles. The van der Waals surface area contributed by atoms with Gasteiger partial charge < -0.3 is 10.5 Å². The Bertz CT molecular complexity index is 301. The smallest absolute Gasteiger partial charge is 0.404 e. The van der Waals surface area contributed by atoms with Crippen molar-refractivity contribution in [1.29, 1.82) is 0 Å². The fourth-order valence-corrected chi connectivity index (χ4v) is 0.978. The van der Waals surface area contributed by atoms with Crippen LogP contribution in [-0.2, 0) is 18.0 Å². The van der Waals surface area contributed by atoms with Crippen molar-refractivity contribution >= 4 is 6.09 Å². The molecule has 13 heavy (non-hydrogen) atoms. The molecule has 0 aliphatic carbocycles. The number of alkyl halides is 1. The van der Waals surface area contributed by atoms with Gasteiger partial charge in [-0.15, -0.1) is 0 Å². The van der Waals surface area contributed by atoms with Gasteiger partial charge in [0, 0.05) is 0 Å². The number of hydrogen-bond donors (Lipinski definition) is 1. The number of carbonyl (C=O) groups is 1. The summed E-state index contributed by atoms with van der Waals surface area (Å²) in [7, 11) is 0. The van der Waals surface area contributed by atoms with E-state index < -0.39 is 12.8 Å². The maximum Gasteiger partial charge on any atom is 0.404 e.